The first-order chi connectivity index (χ1) is 18.5. The molecule has 0 bridgehead atoms. The Balaban J connectivity index is 1.27. The Bertz CT molecular complexity index is 834. The van der Waals surface area contributed by atoms with Gasteiger partial charge in [-0.2, -0.15) is 0 Å². The highest BCUT2D eigenvalue weighted by Crippen LogP contribution is 2.68. The molecule has 4 aliphatic rings. The maximum Gasteiger partial charge on any atom is 0.334 e. The van der Waals surface area contributed by atoms with Gasteiger partial charge in [0.2, 0.25) is 0 Å². The third kappa shape index (κ3) is 6.81. The topological polar surface area (TPSA) is 29.5 Å². The second-order valence-electron chi connectivity index (χ2n) is 15.9. The molecule has 0 saturated heterocycles. The summed E-state index contributed by atoms with van der Waals surface area (Å²) in [7, 11) is 3.91. The molecular formula is C36H63NO2. The molecule has 39 heavy (non-hydrogen) atoms. The van der Waals surface area contributed by atoms with Gasteiger partial charge in [0, 0.05) is 12.1 Å². The first-order valence-electron chi connectivity index (χ1n) is 16.9. The van der Waals surface area contributed by atoms with Crippen molar-refractivity contribution in [3.05, 3.63) is 12.2 Å². The smallest absolute Gasteiger partial charge is 0.334 e. The van der Waals surface area contributed by atoms with E-state index in [9.17, 15) is 4.79 Å². The quantitative estimate of drug-likeness (QED) is 0.140. The molecule has 0 amide bonds. The van der Waals surface area contributed by atoms with Crippen molar-refractivity contribution in [3.8, 4) is 0 Å². The van der Waals surface area contributed by atoms with E-state index < -0.39 is 0 Å². The predicted molar refractivity (Wildman–Crippen MR) is 164 cm³/mol. The van der Waals surface area contributed by atoms with E-state index in [1.807, 2.05) is 19.0 Å². The van der Waals surface area contributed by atoms with Gasteiger partial charge in [0.1, 0.15) is 0 Å². The molecule has 0 aromatic carbocycles. The van der Waals surface area contributed by atoms with Crippen molar-refractivity contribution >= 4 is 5.97 Å². The summed E-state index contributed by atoms with van der Waals surface area (Å²) in [5, 5.41) is 0. The molecule has 0 heterocycles. The van der Waals surface area contributed by atoms with E-state index in [2.05, 4.69) is 41.2 Å². The van der Waals surface area contributed by atoms with Crippen LogP contribution in [0.3, 0.4) is 0 Å². The van der Waals surface area contributed by atoms with Gasteiger partial charge in [0.05, 0.1) is 6.61 Å². The lowest BCUT2D eigenvalue weighted by Gasteiger charge is -2.61. The van der Waals surface area contributed by atoms with Crippen LogP contribution in [0.5, 0.6) is 0 Å². The fourth-order valence-electron chi connectivity index (χ4n) is 10.7. The van der Waals surface area contributed by atoms with Crippen LogP contribution in [0.1, 0.15) is 125 Å². The Kier molecular flexibility index (Phi) is 10.4. The minimum Gasteiger partial charge on any atom is -0.462 e. The van der Waals surface area contributed by atoms with Gasteiger partial charge in [-0.1, -0.05) is 60.5 Å². The first-order valence-corrected chi connectivity index (χ1v) is 16.9. The molecule has 4 rings (SSSR count). The molecule has 3 heteroatoms. The predicted octanol–water partition coefficient (Wildman–Crippen LogP) is 9.17. The van der Waals surface area contributed by atoms with Gasteiger partial charge in [0.25, 0.3) is 0 Å². The molecule has 3 nitrogen and oxygen atoms in total. The van der Waals surface area contributed by atoms with Crippen LogP contribution in [0.2, 0.25) is 0 Å². The van der Waals surface area contributed by atoms with Crippen LogP contribution >= 0.6 is 0 Å². The number of carbonyl (C=O) groups is 1. The van der Waals surface area contributed by atoms with E-state index >= 15 is 0 Å². The van der Waals surface area contributed by atoms with Gasteiger partial charge in [-0.25, -0.2) is 4.79 Å². The van der Waals surface area contributed by atoms with Crippen molar-refractivity contribution < 1.29 is 9.53 Å². The van der Waals surface area contributed by atoms with Crippen LogP contribution in [0.25, 0.3) is 0 Å². The van der Waals surface area contributed by atoms with Crippen molar-refractivity contribution in [2.24, 2.45) is 58.2 Å². The molecule has 9 atom stereocenters. The Morgan fingerprint density at radius 1 is 0.923 bits per heavy atom. The van der Waals surface area contributed by atoms with Crippen LogP contribution in [0.4, 0.5) is 0 Å². The fourth-order valence-corrected chi connectivity index (χ4v) is 10.7. The van der Waals surface area contributed by atoms with Gasteiger partial charge in [-0.3, -0.25) is 0 Å². The second kappa shape index (κ2) is 13.0. The Hall–Kier alpha value is -0.830. The number of hydrogen-bond donors (Lipinski definition) is 0. The standard InChI is InChI=1S/C36H63NO2/c1-25(2)11-9-12-26(3)31-16-17-32-30-15-14-29-23-28(13-10-22-39-34(38)27(4)24-37(7)8)18-20-35(29,5)33(30)19-21-36(31,32)6/h25-26,28-33H,4,9-24H2,1-3,5-8H3/t26-,28+,29-,30+,31?,32-,33-,35+,36-/m1/s1. The first kappa shape index (κ1) is 31.1. The Morgan fingerprint density at radius 3 is 2.36 bits per heavy atom. The van der Waals surface area contributed by atoms with Crippen molar-refractivity contribution in [2.45, 2.75) is 125 Å². The highest BCUT2D eigenvalue weighted by atomic mass is 16.5. The molecule has 0 aromatic rings. The average molecular weight is 542 g/mol. The number of likely N-dealkylation sites (N-methyl/N-ethyl adjacent to an activating group) is 1. The zero-order chi connectivity index (χ0) is 28.4. The van der Waals surface area contributed by atoms with Crippen LogP contribution in [-0.2, 0) is 9.53 Å². The molecule has 0 aliphatic heterocycles. The summed E-state index contributed by atoms with van der Waals surface area (Å²) >= 11 is 0. The van der Waals surface area contributed by atoms with Crippen molar-refractivity contribution in [1.29, 1.82) is 0 Å². The minimum absolute atomic E-state index is 0.221. The summed E-state index contributed by atoms with van der Waals surface area (Å²) in [4.78, 5) is 14.1. The van der Waals surface area contributed by atoms with Gasteiger partial charge in [-0.15, -0.1) is 0 Å². The molecule has 0 aromatic heterocycles. The highest BCUT2D eigenvalue weighted by molar-refractivity contribution is 5.88. The summed E-state index contributed by atoms with van der Waals surface area (Å²) in [6.07, 6.45) is 19.7. The summed E-state index contributed by atoms with van der Waals surface area (Å²) < 4.78 is 5.53. The third-order valence-corrected chi connectivity index (χ3v) is 12.8. The molecule has 0 spiro atoms. The number of ether oxygens (including phenoxy) is 1. The Labute approximate surface area is 242 Å². The molecule has 0 radical (unpaired) electrons. The lowest BCUT2D eigenvalue weighted by molar-refractivity contribution is -0.139. The average Bonchev–Trinajstić information content (AvgIpc) is 3.23. The van der Waals surface area contributed by atoms with E-state index in [0.29, 0.717) is 29.6 Å². The highest BCUT2D eigenvalue weighted by Gasteiger charge is 2.60. The SMILES string of the molecule is C=C(CN(C)C)C(=O)OCCC[C@H]1CC[C@@]2(C)[C@H](CC[C@@H]3[C@H]2CC[C@]2(C)C([C@H](C)CCCC(C)C)CC[C@H]32)C1. The second-order valence-corrected chi connectivity index (χ2v) is 15.9. The van der Waals surface area contributed by atoms with Crippen molar-refractivity contribution in [2.75, 3.05) is 27.2 Å². The van der Waals surface area contributed by atoms with Crippen LogP contribution in [0, 0.1) is 58.2 Å². The van der Waals surface area contributed by atoms with Crippen LogP contribution in [0.15, 0.2) is 12.2 Å². The van der Waals surface area contributed by atoms with E-state index in [0.717, 1.165) is 53.8 Å². The number of hydrogen-bond acceptors (Lipinski definition) is 3. The van der Waals surface area contributed by atoms with Gasteiger partial charge in [-0.05, 0) is 143 Å². The van der Waals surface area contributed by atoms with Crippen molar-refractivity contribution in [1.82, 2.24) is 4.90 Å². The summed E-state index contributed by atoms with van der Waals surface area (Å²) in [6.45, 7) is 17.8. The molecular weight excluding hydrogens is 478 g/mol. The van der Waals surface area contributed by atoms with E-state index in [1.54, 1.807) is 0 Å². The number of fused-ring (bicyclic) bond motifs is 5. The van der Waals surface area contributed by atoms with Gasteiger partial charge in [0.15, 0.2) is 0 Å². The number of esters is 1. The monoisotopic (exact) mass is 541 g/mol. The lowest BCUT2D eigenvalue weighted by atomic mass is 9.44. The van der Waals surface area contributed by atoms with E-state index in [1.165, 1.54) is 83.5 Å². The van der Waals surface area contributed by atoms with Crippen molar-refractivity contribution in [3.63, 3.8) is 0 Å². The zero-order valence-corrected chi connectivity index (χ0v) is 26.9. The normalized spacial score (nSPS) is 38.7. The zero-order valence-electron chi connectivity index (χ0n) is 26.9. The molecule has 0 N–H and O–H groups in total. The third-order valence-electron chi connectivity index (χ3n) is 12.8. The molecule has 1 unspecified atom stereocenters. The number of nitrogens with zero attached hydrogens (tertiary/aromatic N) is 1. The summed E-state index contributed by atoms with van der Waals surface area (Å²) in [5.74, 6) is 7.17. The van der Waals surface area contributed by atoms with E-state index in [4.69, 9.17) is 4.74 Å². The van der Waals surface area contributed by atoms with Gasteiger partial charge >= 0.3 is 5.97 Å². The van der Waals surface area contributed by atoms with Gasteiger partial charge < -0.3 is 9.64 Å². The molecule has 4 saturated carbocycles. The summed E-state index contributed by atoms with van der Waals surface area (Å²) in [6, 6.07) is 0. The maximum absolute atomic E-state index is 12.2. The number of rotatable bonds is 12. The molecule has 4 aliphatic carbocycles. The van der Waals surface area contributed by atoms with Crippen LogP contribution in [-0.4, -0.2) is 38.1 Å². The maximum atomic E-state index is 12.2. The van der Waals surface area contributed by atoms with Crippen LogP contribution < -0.4 is 0 Å². The lowest BCUT2D eigenvalue weighted by Crippen LogP contribution is -2.53. The summed E-state index contributed by atoms with van der Waals surface area (Å²) in [5.41, 5.74) is 1.73. The number of carbonyl (C=O) groups excluding carboxylic acids is 1. The molecule has 224 valence electrons. The van der Waals surface area contributed by atoms with E-state index in [-0.39, 0.29) is 5.97 Å². The Morgan fingerprint density at radius 2 is 1.64 bits per heavy atom. The molecule has 4 fully saturated rings. The fraction of sp³-hybridized carbons (Fsp3) is 0.917. The minimum atomic E-state index is -0.221. The largest absolute Gasteiger partial charge is 0.462 e.